The number of carbonyl (C=O) groups excluding carboxylic acids is 2. The molecule has 2 amide bonds. The maximum absolute atomic E-state index is 12.3. The molecule has 0 radical (unpaired) electrons. The van der Waals surface area contributed by atoms with E-state index < -0.39 is 0 Å². The minimum Gasteiger partial charge on any atom is -0.338 e. The van der Waals surface area contributed by atoms with E-state index in [2.05, 4.69) is 26.2 Å². The number of rotatable bonds is 4. The second-order valence-electron chi connectivity index (χ2n) is 5.54. The highest BCUT2D eigenvalue weighted by atomic mass is 79.9. The van der Waals surface area contributed by atoms with Gasteiger partial charge in [-0.1, -0.05) is 0 Å². The molecule has 0 bridgehead atoms. The molecule has 0 aliphatic carbocycles. The summed E-state index contributed by atoms with van der Waals surface area (Å²) in [5.41, 5.74) is 0.992. The van der Waals surface area contributed by atoms with Gasteiger partial charge in [-0.05, 0) is 45.4 Å². The van der Waals surface area contributed by atoms with E-state index in [0.717, 1.165) is 6.42 Å². The zero-order valence-corrected chi connectivity index (χ0v) is 15.2. The Hall–Kier alpha value is -1.93. The third kappa shape index (κ3) is 3.93. The van der Waals surface area contributed by atoms with E-state index >= 15 is 0 Å². The first-order valence-electron chi connectivity index (χ1n) is 7.54. The van der Waals surface area contributed by atoms with Crippen LogP contribution in [0.25, 0.3) is 0 Å². The molecule has 1 aliphatic rings. The molecule has 6 nitrogen and oxygen atoms in total. The second-order valence-corrected chi connectivity index (χ2v) is 7.46. The van der Waals surface area contributed by atoms with Gasteiger partial charge in [0.05, 0.1) is 0 Å². The van der Waals surface area contributed by atoms with E-state index in [0.29, 0.717) is 17.6 Å². The van der Waals surface area contributed by atoms with Gasteiger partial charge in [0.25, 0.3) is 5.56 Å². The predicted octanol–water partition coefficient (Wildman–Crippen LogP) is 2.50. The lowest BCUT2D eigenvalue weighted by Crippen LogP contribution is -2.35. The lowest BCUT2D eigenvalue weighted by atomic mass is 10.1. The van der Waals surface area contributed by atoms with Crippen molar-refractivity contribution in [2.75, 3.05) is 11.9 Å². The molecule has 2 aromatic rings. The van der Waals surface area contributed by atoms with Gasteiger partial charge < -0.3 is 15.2 Å². The molecule has 0 fully saturated rings. The fourth-order valence-electron chi connectivity index (χ4n) is 2.60. The standard InChI is InChI=1S/C16H16BrN3O3S/c17-11-7-12(16(23)18-8-11)19-14(21)1-2-15(22)20-5-3-13-10(9-20)4-6-24-13/h4,6-8H,1-3,5,9H2,(H,18,23)(H,19,21). The molecule has 2 aromatic heterocycles. The largest absolute Gasteiger partial charge is 0.338 e. The quantitative estimate of drug-likeness (QED) is 0.813. The molecule has 24 heavy (non-hydrogen) atoms. The summed E-state index contributed by atoms with van der Waals surface area (Å²) in [6.45, 7) is 1.31. The van der Waals surface area contributed by atoms with Crippen molar-refractivity contribution in [3.8, 4) is 0 Å². The van der Waals surface area contributed by atoms with Crippen molar-refractivity contribution >= 4 is 44.8 Å². The van der Waals surface area contributed by atoms with E-state index in [4.69, 9.17) is 0 Å². The van der Waals surface area contributed by atoms with Gasteiger partial charge in [-0.2, -0.15) is 0 Å². The molecule has 0 saturated carbocycles. The van der Waals surface area contributed by atoms with Crippen LogP contribution in [0.4, 0.5) is 5.69 Å². The molecule has 0 aromatic carbocycles. The Morgan fingerprint density at radius 1 is 1.38 bits per heavy atom. The number of thiophene rings is 1. The van der Waals surface area contributed by atoms with Crippen molar-refractivity contribution in [2.45, 2.75) is 25.8 Å². The third-order valence-corrected chi connectivity index (χ3v) is 5.35. The van der Waals surface area contributed by atoms with E-state index in [1.54, 1.807) is 16.2 Å². The fourth-order valence-corrected chi connectivity index (χ4v) is 3.84. The van der Waals surface area contributed by atoms with Gasteiger partial charge in [-0.3, -0.25) is 14.4 Å². The number of carbonyl (C=O) groups is 2. The number of halogens is 1. The van der Waals surface area contributed by atoms with Gasteiger partial charge in [0.2, 0.25) is 11.8 Å². The highest BCUT2D eigenvalue weighted by Crippen LogP contribution is 2.24. The SMILES string of the molecule is O=C(CCC(=O)N1CCc2sccc2C1)Nc1cc(Br)c[nH]c1=O. The Morgan fingerprint density at radius 2 is 2.21 bits per heavy atom. The van der Waals surface area contributed by atoms with Crippen molar-refractivity contribution < 1.29 is 9.59 Å². The average Bonchev–Trinajstić information content (AvgIpc) is 3.03. The van der Waals surface area contributed by atoms with Crippen LogP contribution in [0.1, 0.15) is 23.3 Å². The van der Waals surface area contributed by atoms with Gasteiger partial charge >= 0.3 is 0 Å². The number of nitrogens with zero attached hydrogens (tertiary/aromatic N) is 1. The first-order valence-corrected chi connectivity index (χ1v) is 9.21. The summed E-state index contributed by atoms with van der Waals surface area (Å²) in [6, 6.07) is 3.58. The molecule has 3 heterocycles. The number of hydrogen-bond acceptors (Lipinski definition) is 4. The summed E-state index contributed by atoms with van der Waals surface area (Å²) in [4.78, 5) is 41.5. The maximum Gasteiger partial charge on any atom is 0.271 e. The summed E-state index contributed by atoms with van der Waals surface area (Å²) in [5, 5.41) is 4.58. The molecule has 1 aliphatic heterocycles. The topological polar surface area (TPSA) is 82.3 Å². The highest BCUT2D eigenvalue weighted by Gasteiger charge is 2.21. The molecule has 126 valence electrons. The van der Waals surface area contributed by atoms with Gasteiger partial charge in [0.15, 0.2) is 0 Å². The molecule has 8 heteroatoms. The number of aromatic amines is 1. The molecular formula is C16H16BrN3O3S. The summed E-state index contributed by atoms with van der Waals surface area (Å²) < 4.78 is 0.661. The minimum atomic E-state index is -0.376. The van der Waals surface area contributed by atoms with E-state index in [-0.39, 0.29) is 35.9 Å². The van der Waals surface area contributed by atoms with Crippen LogP contribution >= 0.6 is 27.3 Å². The second kappa shape index (κ2) is 7.31. The van der Waals surface area contributed by atoms with Crippen molar-refractivity contribution in [1.29, 1.82) is 0 Å². The highest BCUT2D eigenvalue weighted by molar-refractivity contribution is 9.10. The van der Waals surface area contributed by atoms with Crippen molar-refractivity contribution in [1.82, 2.24) is 9.88 Å². The molecule has 0 atom stereocenters. The minimum absolute atomic E-state index is 0.0369. The normalized spacial score (nSPS) is 13.5. The summed E-state index contributed by atoms with van der Waals surface area (Å²) in [7, 11) is 0. The molecule has 2 N–H and O–H groups in total. The third-order valence-electron chi connectivity index (χ3n) is 3.87. The van der Waals surface area contributed by atoms with Crippen LogP contribution in [0.5, 0.6) is 0 Å². The summed E-state index contributed by atoms with van der Waals surface area (Å²) in [6.07, 6.45) is 2.56. The Balaban J connectivity index is 1.52. The zero-order chi connectivity index (χ0) is 17.1. The smallest absolute Gasteiger partial charge is 0.271 e. The summed E-state index contributed by atoms with van der Waals surface area (Å²) in [5.74, 6) is -0.384. The van der Waals surface area contributed by atoms with E-state index in [1.165, 1.54) is 22.7 Å². The first kappa shape index (κ1) is 16.9. The average molecular weight is 410 g/mol. The van der Waals surface area contributed by atoms with Crippen molar-refractivity contribution in [3.05, 3.63) is 49.0 Å². The lowest BCUT2D eigenvalue weighted by molar-refractivity contribution is -0.133. The monoisotopic (exact) mass is 409 g/mol. The van der Waals surface area contributed by atoms with Crippen LogP contribution < -0.4 is 10.9 Å². The Morgan fingerprint density at radius 3 is 3.04 bits per heavy atom. The number of nitrogens with one attached hydrogen (secondary N) is 2. The van der Waals surface area contributed by atoms with Gasteiger partial charge in [-0.15, -0.1) is 11.3 Å². The number of amides is 2. The van der Waals surface area contributed by atoms with Crippen LogP contribution in [0, 0.1) is 0 Å². The van der Waals surface area contributed by atoms with Crippen LogP contribution in [-0.2, 0) is 22.6 Å². The molecule has 3 rings (SSSR count). The van der Waals surface area contributed by atoms with Crippen molar-refractivity contribution in [2.24, 2.45) is 0 Å². The summed E-state index contributed by atoms with van der Waals surface area (Å²) >= 11 is 4.95. The Labute approximate surface area is 151 Å². The Kier molecular flexibility index (Phi) is 5.15. The van der Waals surface area contributed by atoms with Crippen LogP contribution in [0.2, 0.25) is 0 Å². The maximum atomic E-state index is 12.3. The number of aromatic nitrogens is 1. The molecular weight excluding hydrogens is 394 g/mol. The first-order chi connectivity index (χ1) is 11.5. The van der Waals surface area contributed by atoms with Crippen LogP contribution in [0.3, 0.4) is 0 Å². The van der Waals surface area contributed by atoms with Gasteiger partial charge in [0.1, 0.15) is 5.69 Å². The number of pyridine rings is 1. The van der Waals surface area contributed by atoms with E-state index in [1.807, 2.05) is 11.4 Å². The van der Waals surface area contributed by atoms with E-state index in [9.17, 15) is 14.4 Å². The number of hydrogen-bond donors (Lipinski definition) is 2. The van der Waals surface area contributed by atoms with Gasteiger partial charge in [-0.25, -0.2) is 0 Å². The Bertz CT molecular complexity index is 830. The molecule has 0 spiro atoms. The van der Waals surface area contributed by atoms with Gasteiger partial charge in [0, 0.05) is 41.5 Å². The van der Waals surface area contributed by atoms with Crippen LogP contribution in [-0.4, -0.2) is 28.2 Å². The molecule has 0 unspecified atom stereocenters. The lowest BCUT2D eigenvalue weighted by Gasteiger charge is -2.27. The fraction of sp³-hybridized carbons (Fsp3) is 0.312. The number of fused-ring (bicyclic) bond motifs is 1. The molecule has 0 saturated heterocycles. The zero-order valence-electron chi connectivity index (χ0n) is 12.8. The van der Waals surface area contributed by atoms with Crippen LogP contribution in [0.15, 0.2) is 33.0 Å². The van der Waals surface area contributed by atoms with Crippen molar-refractivity contribution in [3.63, 3.8) is 0 Å². The number of anilines is 1. The number of H-pyrrole nitrogens is 1. The predicted molar refractivity (Wildman–Crippen MR) is 96.1 cm³/mol.